The zero-order valence-electron chi connectivity index (χ0n) is 9.70. The molecule has 3 heteroatoms. The van der Waals surface area contributed by atoms with Gasteiger partial charge in [0.05, 0.1) is 12.7 Å². The van der Waals surface area contributed by atoms with Gasteiger partial charge in [0.15, 0.2) is 0 Å². The van der Waals surface area contributed by atoms with Gasteiger partial charge in [0.25, 0.3) is 0 Å². The summed E-state index contributed by atoms with van der Waals surface area (Å²) in [7, 11) is 1.37. The van der Waals surface area contributed by atoms with Gasteiger partial charge in [-0.1, -0.05) is 20.8 Å². The molecule has 0 saturated heterocycles. The molecule has 1 aromatic rings. The zero-order chi connectivity index (χ0) is 11.5. The molecule has 0 aromatic carbocycles. The van der Waals surface area contributed by atoms with E-state index in [9.17, 15) is 4.79 Å². The summed E-state index contributed by atoms with van der Waals surface area (Å²) in [5, 5.41) is 0. The topological polar surface area (TPSA) is 39.2 Å². The lowest BCUT2D eigenvalue weighted by molar-refractivity contribution is 0.0600. The fraction of sp³-hybridized carbons (Fsp3) is 0.500. The molecular formula is C12H17NO2. The van der Waals surface area contributed by atoms with E-state index in [0.717, 1.165) is 12.0 Å². The Bertz CT molecular complexity index is 358. The number of ether oxygens (including phenoxy) is 1. The summed E-state index contributed by atoms with van der Waals surface area (Å²) in [6.45, 7) is 6.38. The Morgan fingerprint density at radius 3 is 2.67 bits per heavy atom. The number of aromatic nitrogens is 1. The minimum atomic E-state index is -0.337. The van der Waals surface area contributed by atoms with Gasteiger partial charge in [-0.3, -0.25) is 4.98 Å². The molecule has 0 amide bonds. The average Bonchev–Trinajstić information content (AvgIpc) is 2.28. The lowest BCUT2D eigenvalue weighted by Gasteiger charge is -2.22. The second-order valence-electron chi connectivity index (χ2n) is 4.19. The number of nitrogens with zero attached hydrogens (tertiary/aromatic N) is 1. The Hall–Kier alpha value is -1.38. The highest BCUT2D eigenvalue weighted by molar-refractivity contribution is 5.89. The van der Waals surface area contributed by atoms with Gasteiger partial charge in [0, 0.05) is 12.4 Å². The van der Waals surface area contributed by atoms with Crippen molar-refractivity contribution in [2.45, 2.75) is 32.6 Å². The zero-order valence-corrected chi connectivity index (χ0v) is 9.70. The van der Waals surface area contributed by atoms with Crippen LogP contribution >= 0.6 is 0 Å². The van der Waals surface area contributed by atoms with Crippen molar-refractivity contribution in [3.05, 3.63) is 29.6 Å². The predicted octanol–water partition coefficient (Wildman–Crippen LogP) is 2.56. The quantitative estimate of drug-likeness (QED) is 0.715. The number of carbonyl (C=O) groups excluding carboxylic acids is 1. The summed E-state index contributed by atoms with van der Waals surface area (Å²) in [6.07, 6.45) is 4.33. The molecule has 0 bridgehead atoms. The molecule has 0 aliphatic carbocycles. The van der Waals surface area contributed by atoms with Crippen LogP contribution in [-0.2, 0) is 10.2 Å². The summed E-state index contributed by atoms with van der Waals surface area (Å²) in [5.41, 5.74) is 1.61. The molecule has 0 aliphatic rings. The van der Waals surface area contributed by atoms with Gasteiger partial charge in [-0.15, -0.1) is 0 Å². The van der Waals surface area contributed by atoms with Crippen molar-refractivity contribution >= 4 is 5.97 Å². The SMILES string of the molecule is CCC(C)(C)c1cncc(C(=O)OC)c1. The number of carbonyl (C=O) groups is 1. The molecule has 15 heavy (non-hydrogen) atoms. The molecule has 0 radical (unpaired) electrons. The van der Waals surface area contributed by atoms with Gasteiger partial charge in [0.1, 0.15) is 0 Å². The third-order valence-electron chi connectivity index (χ3n) is 2.82. The van der Waals surface area contributed by atoms with Crippen LogP contribution in [0.5, 0.6) is 0 Å². The molecule has 0 atom stereocenters. The Morgan fingerprint density at radius 2 is 2.13 bits per heavy atom. The first kappa shape index (κ1) is 11.7. The normalized spacial score (nSPS) is 11.2. The van der Waals surface area contributed by atoms with Crippen LogP contribution in [0, 0.1) is 0 Å². The highest BCUT2D eigenvalue weighted by atomic mass is 16.5. The summed E-state index contributed by atoms with van der Waals surface area (Å²) < 4.78 is 4.66. The summed E-state index contributed by atoms with van der Waals surface area (Å²) in [6, 6.07) is 1.85. The van der Waals surface area contributed by atoms with Crippen LogP contribution in [0.25, 0.3) is 0 Å². The van der Waals surface area contributed by atoms with Crippen molar-refractivity contribution in [2.75, 3.05) is 7.11 Å². The number of pyridine rings is 1. The van der Waals surface area contributed by atoms with Crippen LogP contribution in [-0.4, -0.2) is 18.1 Å². The predicted molar refractivity (Wildman–Crippen MR) is 58.9 cm³/mol. The molecule has 0 saturated carbocycles. The van der Waals surface area contributed by atoms with E-state index in [1.807, 2.05) is 6.07 Å². The van der Waals surface area contributed by atoms with Crippen molar-refractivity contribution in [3.63, 3.8) is 0 Å². The van der Waals surface area contributed by atoms with E-state index in [1.54, 1.807) is 6.20 Å². The van der Waals surface area contributed by atoms with Crippen LogP contribution in [0.4, 0.5) is 0 Å². The van der Waals surface area contributed by atoms with Crippen LogP contribution in [0.1, 0.15) is 43.1 Å². The minimum Gasteiger partial charge on any atom is -0.465 e. The molecule has 1 aromatic heterocycles. The van der Waals surface area contributed by atoms with Gasteiger partial charge in [-0.05, 0) is 23.5 Å². The van der Waals surface area contributed by atoms with Gasteiger partial charge in [-0.25, -0.2) is 4.79 Å². The maximum Gasteiger partial charge on any atom is 0.339 e. The van der Waals surface area contributed by atoms with Gasteiger partial charge in [0.2, 0.25) is 0 Å². The Balaban J connectivity index is 3.08. The number of rotatable bonds is 3. The lowest BCUT2D eigenvalue weighted by Crippen LogP contribution is -2.17. The number of hydrogen-bond acceptors (Lipinski definition) is 3. The molecule has 1 rings (SSSR count). The Labute approximate surface area is 90.5 Å². The van der Waals surface area contributed by atoms with Crippen LogP contribution in [0.3, 0.4) is 0 Å². The first-order valence-corrected chi connectivity index (χ1v) is 5.05. The molecular weight excluding hydrogens is 190 g/mol. The standard InChI is InChI=1S/C12H17NO2/c1-5-12(2,3)10-6-9(7-13-8-10)11(14)15-4/h6-8H,5H2,1-4H3. The maximum atomic E-state index is 11.3. The first-order valence-electron chi connectivity index (χ1n) is 5.05. The lowest BCUT2D eigenvalue weighted by atomic mass is 9.83. The molecule has 82 valence electrons. The first-order chi connectivity index (χ1) is 7.01. The second-order valence-corrected chi connectivity index (χ2v) is 4.19. The molecule has 0 unspecified atom stereocenters. The van der Waals surface area contributed by atoms with Crippen LogP contribution in [0.15, 0.2) is 18.5 Å². The van der Waals surface area contributed by atoms with Crippen LogP contribution < -0.4 is 0 Å². The van der Waals surface area contributed by atoms with E-state index < -0.39 is 0 Å². The molecule has 0 N–H and O–H groups in total. The molecule has 0 aliphatic heterocycles. The fourth-order valence-corrected chi connectivity index (χ4v) is 1.24. The van der Waals surface area contributed by atoms with Gasteiger partial charge < -0.3 is 4.74 Å². The minimum absolute atomic E-state index is 0.0387. The third-order valence-corrected chi connectivity index (χ3v) is 2.82. The number of hydrogen-bond donors (Lipinski definition) is 0. The van der Waals surface area contributed by atoms with Crippen molar-refractivity contribution in [2.24, 2.45) is 0 Å². The molecule has 3 nitrogen and oxygen atoms in total. The number of methoxy groups -OCH3 is 1. The highest BCUT2D eigenvalue weighted by Gasteiger charge is 2.19. The van der Waals surface area contributed by atoms with Crippen molar-refractivity contribution in [3.8, 4) is 0 Å². The largest absolute Gasteiger partial charge is 0.465 e. The smallest absolute Gasteiger partial charge is 0.339 e. The summed E-state index contributed by atoms with van der Waals surface area (Å²) >= 11 is 0. The van der Waals surface area contributed by atoms with Crippen molar-refractivity contribution in [1.29, 1.82) is 0 Å². The second kappa shape index (κ2) is 4.43. The van der Waals surface area contributed by atoms with Crippen molar-refractivity contribution < 1.29 is 9.53 Å². The Morgan fingerprint density at radius 1 is 1.47 bits per heavy atom. The van der Waals surface area contributed by atoms with Crippen molar-refractivity contribution in [1.82, 2.24) is 4.98 Å². The average molecular weight is 207 g/mol. The van der Waals surface area contributed by atoms with Gasteiger partial charge >= 0.3 is 5.97 Å². The maximum absolute atomic E-state index is 11.3. The van der Waals surface area contributed by atoms with E-state index in [-0.39, 0.29) is 11.4 Å². The summed E-state index contributed by atoms with van der Waals surface area (Å²) in [5.74, 6) is -0.337. The molecule has 1 heterocycles. The molecule has 0 spiro atoms. The third kappa shape index (κ3) is 2.55. The molecule has 0 fully saturated rings. The van der Waals surface area contributed by atoms with E-state index in [0.29, 0.717) is 5.56 Å². The van der Waals surface area contributed by atoms with E-state index in [4.69, 9.17) is 0 Å². The number of esters is 1. The fourth-order valence-electron chi connectivity index (χ4n) is 1.24. The summed E-state index contributed by atoms with van der Waals surface area (Å²) in [4.78, 5) is 15.4. The Kier molecular flexibility index (Phi) is 3.45. The van der Waals surface area contributed by atoms with E-state index >= 15 is 0 Å². The van der Waals surface area contributed by atoms with Crippen LogP contribution in [0.2, 0.25) is 0 Å². The van der Waals surface area contributed by atoms with Gasteiger partial charge in [-0.2, -0.15) is 0 Å². The monoisotopic (exact) mass is 207 g/mol. The van der Waals surface area contributed by atoms with E-state index in [2.05, 4.69) is 30.5 Å². The van der Waals surface area contributed by atoms with E-state index in [1.165, 1.54) is 13.3 Å². The highest BCUT2D eigenvalue weighted by Crippen LogP contribution is 2.26.